The van der Waals surface area contributed by atoms with Crippen molar-refractivity contribution in [3.05, 3.63) is 36.5 Å². The summed E-state index contributed by atoms with van der Waals surface area (Å²) in [6.07, 6.45) is 36.6. The number of unbranched alkanes of at least 4 members (excludes halogenated alkanes) is 14. The van der Waals surface area contributed by atoms with Crippen LogP contribution in [0.15, 0.2) is 36.5 Å². The highest BCUT2D eigenvalue weighted by Gasteiger charge is 2.18. The van der Waals surface area contributed by atoms with Gasteiger partial charge in [0.05, 0.1) is 0 Å². The smallest absolute Gasteiger partial charge is 0.326 e. The van der Waals surface area contributed by atoms with E-state index in [-0.39, 0.29) is 18.0 Å². The first-order chi connectivity index (χ1) is 21.9. The van der Waals surface area contributed by atoms with E-state index in [1.165, 1.54) is 64.2 Å². The Balaban J connectivity index is 3.99. The molecule has 7 nitrogen and oxygen atoms in total. The molecule has 0 aliphatic carbocycles. The third-order valence-electron chi connectivity index (χ3n) is 7.89. The minimum atomic E-state index is -1.02. The van der Waals surface area contributed by atoms with Gasteiger partial charge in [-0.15, -0.1) is 0 Å². The van der Waals surface area contributed by atoms with Crippen LogP contribution < -0.4 is 11.1 Å². The zero-order chi connectivity index (χ0) is 33.2. The Morgan fingerprint density at radius 2 is 1.27 bits per heavy atom. The molecule has 2 atom stereocenters. The Morgan fingerprint density at radius 1 is 0.667 bits per heavy atom. The zero-order valence-corrected chi connectivity index (χ0v) is 29.0. The summed E-state index contributed by atoms with van der Waals surface area (Å²) in [6, 6.07) is -0.869. The highest BCUT2D eigenvalue weighted by Crippen LogP contribution is 2.15. The summed E-state index contributed by atoms with van der Waals surface area (Å²) < 4.78 is 5.80. The van der Waals surface area contributed by atoms with E-state index in [1.54, 1.807) is 0 Å². The number of rotatable bonds is 32. The number of ether oxygens (including phenoxy) is 1. The average molecular weight is 633 g/mol. The van der Waals surface area contributed by atoms with Gasteiger partial charge in [-0.1, -0.05) is 108 Å². The van der Waals surface area contributed by atoms with Crippen LogP contribution in [0.3, 0.4) is 0 Å². The quantitative estimate of drug-likeness (QED) is 0.0386. The minimum absolute atomic E-state index is 0.108. The van der Waals surface area contributed by atoms with Crippen LogP contribution in [0.25, 0.3) is 0 Å². The monoisotopic (exact) mass is 633 g/mol. The maximum absolute atomic E-state index is 12.5. The van der Waals surface area contributed by atoms with E-state index in [2.05, 4.69) is 49.5 Å². The van der Waals surface area contributed by atoms with Crippen LogP contribution in [0.5, 0.6) is 0 Å². The number of hydrogen-bond donors (Lipinski definition) is 3. The van der Waals surface area contributed by atoms with Gasteiger partial charge in [0.1, 0.15) is 12.1 Å². The third kappa shape index (κ3) is 30.0. The molecule has 0 aromatic heterocycles. The van der Waals surface area contributed by atoms with Gasteiger partial charge >= 0.3 is 11.9 Å². The van der Waals surface area contributed by atoms with E-state index in [0.717, 1.165) is 57.8 Å². The van der Waals surface area contributed by atoms with Gasteiger partial charge in [0.2, 0.25) is 5.91 Å². The Kier molecular flexibility index (Phi) is 31.2. The van der Waals surface area contributed by atoms with E-state index in [0.29, 0.717) is 38.6 Å². The molecule has 260 valence electrons. The van der Waals surface area contributed by atoms with Crippen LogP contribution in [-0.4, -0.2) is 41.6 Å². The van der Waals surface area contributed by atoms with Gasteiger partial charge in [-0.3, -0.25) is 9.59 Å². The molecule has 0 saturated carbocycles. The van der Waals surface area contributed by atoms with Gasteiger partial charge in [0.25, 0.3) is 0 Å². The number of amides is 1. The SMILES string of the molecule is CCC/C=C\C(CCCCCCC(=O)NC(CCCN)C(=O)O)OC(=O)CCCCCCCCC/C=C\C/C=C\CCCCC. The minimum Gasteiger partial charge on any atom is -0.480 e. The first kappa shape index (κ1) is 42.6. The van der Waals surface area contributed by atoms with Crippen molar-refractivity contribution >= 4 is 17.8 Å². The fourth-order valence-corrected chi connectivity index (χ4v) is 5.10. The molecule has 45 heavy (non-hydrogen) atoms. The van der Waals surface area contributed by atoms with Gasteiger partial charge in [0, 0.05) is 12.8 Å². The first-order valence-electron chi connectivity index (χ1n) is 18.3. The predicted octanol–water partition coefficient (Wildman–Crippen LogP) is 9.50. The molecule has 0 spiro atoms. The second kappa shape index (κ2) is 33.0. The number of carbonyl (C=O) groups excluding carboxylic acids is 2. The molecule has 4 N–H and O–H groups in total. The molecule has 0 aliphatic heterocycles. The standard InChI is InChI=1S/C38H68N2O5/c1-3-5-7-8-9-10-11-12-13-14-15-16-17-18-19-20-26-32-37(42)45-34(28-23-6-4-2)29-24-21-22-25-31-36(41)40-35(38(43)44)30-27-33-39/h9-10,12-13,23,28,34-35H,3-8,11,14-22,24-27,29-33,39H2,1-2H3,(H,40,41)(H,43,44)/b10-9-,13-12-,28-23-. The molecular formula is C38H68N2O5. The van der Waals surface area contributed by atoms with Crippen molar-refractivity contribution < 1.29 is 24.2 Å². The molecular weight excluding hydrogens is 564 g/mol. The van der Waals surface area contributed by atoms with Crippen molar-refractivity contribution in [3.8, 4) is 0 Å². The van der Waals surface area contributed by atoms with Crippen molar-refractivity contribution in [1.29, 1.82) is 0 Å². The van der Waals surface area contributed by atoms with Crippen LogP contribution in [0, 0.1) is 0 Å². The van der Waals surface area contributed by atoms with Crippen molar-refractivity contribution in [2.24, 2.45) is 5.73 Å². The van der Waals surface area contributed by atoms with Crippen LogP contribution >= 0.6 is 0 Å². The number of carbonyl (C=O) groups is 3. The Bertz CT molecular complexity index is 808. The first-order valence-corrected chi connectivity index (χ1v) is 18.3. The number of carboxylic acid groups (broad SMARTS) is 1. The van der Waals surface area contributed by atoms with Crippen molar-refractivity contribution in [2.45, 2.75) is 180 Å². The topological polar surface area (TPSA) is 119 Å². The number of nitrogens with two attached hydrogens (primary N) is 1. The molecule has 0 saturated heterocycles. The Hall–Kier alpha value is -2.41. The largest absolute Gasteiger partial charge is 0.480 e. The van der Waals surface area contributed by atoms with Crippen LogP contribution in [0.2, 0.25) is 0 Å². The highest BCUT2D eigenvalue weighted by molar-refractivity contribution is 5.83. The summed E-state index contributed by atoms with van der Waals surface area (Å²) in [5.41, 5.74) is 5.45. The molecule has 0 aliphatic rings. The lowest BCUT2D eigenvalue weighted by Gasteiger charge is -2.15. The summed E-state index contributed by atoms with van der Waals surface area (Å²) >= 11 is 0. The number of aliphatic carboxylic acids is 1. The van der Waals surface area contributed by atoms with E-state index in [1.807, 2.05) is 6.08 Å². The number of carboxylic acids is 1. The summed E-state index contributed by atoms with van der Waals surface area (Å²) in [7, 11) is 0. The number of hydrogen-bond acceptors (Lipinski definition) is 5. The molecule has 1 amide bonds. The lowest BCUT2D eigenvalue weighted by Crippen LogP contribution is -2.40. The van der Waals surface area contributed by atoms with Crippen molar-refractivity contribution in [1.82, 2.24) is 5.32 Å². The van der Waals surface area contributed by atoms with E-state index in [4.69, 9.17) is 10.5 Å². The van der Waals surface area contributed by atoms with Crippen LogP contribution in [0.4, 0.5) is 0 Å². The van der Waals surface area contributed by atoms with Gasteiger partial charge < -0.3 is 20.9 Å². The molecule has 0 bridgehead atoms. The molecule has 7 heteroatoms. The number of nitrogens with one attached hydrogen (secondary N) is 1. The zero-order valence-electron chi connectivity index (χ0n) is 29.0. The van der Waals surface area contributed by atoms with Crippen LogP contribution in [-0.2, 0) is 19.1 Å². The average Bonchev–Trinajstić information content (AvgIpc) is 3.02. The molecule has 0 radical (unpaired) electrons. The van der Waals surface area contributed by atoms with Crippen molar-refractivity contribution in [3.63, 3.8) is 0 Å². The maximum Gasteiger partial charge on any atom is 0.326 e. The van der Waals surface area contributed by atoms with E-state index >= 15 is 0 Å². The van der Waals surface area contributed by atoms with Gasteiger partial charge in [0.15, 0.2) is 0 Å². The Labute approximate surface area is 275 Å². The molecule has 0 aromatic rings. The van der Waals surface area contributed by atoms with Crippen molar-refractivity contribution in [2.75, 3.05) is 6.54 Å². The molecule has 2 unspecified atom stereocenters. The molecule has 0 aromatic carbocycles. The fraction of sp³-hybridized carbons (Fsp3) is 0.763. The molecule has 0 fully saturated rings. The van der Waals surface area contributed by atoms with E-state index in [9.17, 15) is 19.5 Å². The number of esters is 1. The highest BCUT2D eigenvalue weighted by atomic mass is 16.5. The lowest BCUT2D eigenvalue weighted by molar-refractivity contribution is -0.147. The second-order valence-electron chi connectivity index (χ2n) is 12.3. The lowest BCUT2D eigenvalue weighted by atomic mass is 10.1. The fourth-order valence-electron chi connectivity index (χ4n) is 5.10. The Morgan fingerprint density at radius 3 is 1.89 bits per heavy atom. The number of allylic oxidation sites excluding steroid dienone is 5. The second-order valence-corrected chi connectivity index (χ2v) is 12.3. The molecule has 0 heterocycles. The van der Waals surface area contributed by atoms with E-state index < -0.39 is 12.0 Å². The normalized spacial score (nSPS) is 13.1. The van der Waals surface area contributed by atoms with Gasteiger partial charge in [-0.25, -0.2) is 4.79 Å². The summed E-state index contributed by atoms with van der Waals surface area (Å²) in [4.78, 5) is 35.9. The van der Waals surface area contributed by atoms with Gasteiger partial charge in [-0.2, -0.15) is 0 Å². The summed E-state index contributed by atoms with van der Waals surface area (Å²) in [5, 5.41) is 11.8. The summed E-state index contributed by atoms with van der Waals surface area (Å²) in [5.74, 6) is -1.35. The predicted molar refractivity (Wildman–Crippen MR) is 188 cm³/mol. The summed E-state index contributed by atoms with van der Waals surface area (Å²) in [6.45, 7) is 4.78. The van der Waals surface area contributed by atoms with Gasteiger partial charge in [-0.05, 0) is 89.7 Å². The molecule has 0 rings (SSSR count). The third-order valence-corrected chi connectivity index (χ3v) is 7.89. The maximum atomic E-state index is 12.5. The van der Waals surface area contributed by atoms with Crippen LogP contribution in [0.1, 0.15) is 168 Å².